The van der Waals surface area contributed by atoms with E-state index in [1.807, 2.05) is 7.05 Å². The third-order valence-electron chi connectivity index (χ3n) is 3.96. The minimum absolute atomic E-state index is 0.185. The third kappa shape index (κ3) is 2.59. The summed E-state index contributed by atoms with van der Waals surface area (Å²) < 4.78 is 0. The Morgan fingerprint density at radius 3 is 2.74 bits per heavy atom. The monoisotopic (exact) mass is 261 g/mol. The molecular weight excluding hydrogens is 238 g/mol. The quantitative estimate of drug-likeness (QED) is 0.903. The molecule has 0 bridgehead atoms. The molecule has 1 amide bonds. The van der Waals surface area contributed by atoms with Crippen molar-refractivity contribution in [2.24, 2.45) is 5.73 Å². The zero-order valence-electron chi connectivity index (χ0n) is 12.1. The van der Waals surface area contributed by atoms with Crippen molar-refractivity contribution in [1.82, 2.24) is 0 Å². The van der Waals surface area contributed by atoms with E-state index in [-0.39, 0.29) is 5.91 Å². The highest BCUT2D eigenvalue weighted by molar-refractivity contribution is 5.99. The van der Waals surface area contributed by atoms with E-state index in [1.54, 1.807) is 4.90 Å². The molecular formula is C15H23N3O. The fraction of sp³-hybridized carbons (Fsp3) is 0.533. The predicted octanol–water partition coefficient (Wildman–Crippen LogP) is 1.83. The van der Waals surface area contributed by atoms with Gasteiger partial charge in [0.25, 0.3) is 0 Å². The number of carbonyl (C=O) groups is 1. The number of nitrogens with two attached hydrogens (primary N) is 1. The van der Waals surface area contributed by atoms with E-state index in [0.717, 1.165) is 30.9 Å². The molecule has 1 aromatic carbocycles. The van der Waals surface area contributed by atoms with Crippen LogP contribution in [0, 0.1) is 13.8 Å². The Kier molecular flexibility index (Phi) is 4.10. The van der Waals surface area contributed by atoms with Gasteiger partial charge in [-0.05, 0) is 44.0 Å². The molecule has 2 N–H and O–H groups in total. The van der Waals surface area contributed by atoms with E-state index in [2.05, 4.69) is 30.9 Å². The van der Waals surface area contributed by atoms with E-state index in [0.29, 0.717) is 13.0 Å². The topological polar surface area (TPSA) is 49.6 Å². The van der Waals surface area contributed by atoms with Crippen LogP contribution in [-0.4, -0.2) is 32.6 Å². The SMILES string of the molecule is Cc1ccc2c(c1C)N(C)C(=O)CCN2CCCN. The van der Waals surface area contributed by atoms with Crippen molar-refractivity contribution in [1.29, 1.82) is 0 Å². The van der Waals surface area contributed by atoms with Crippen LogP contribution < -0.4 is 15.5 Å². The maximum atomic E-state index is 12.1. The number of aryl methyl sites for hydroxylation is 1. The summed E-state index contributed by atoms with van der Waals surface area (Å²) in [5.74, 6) is 0.185. The molecule has 0 aromatic heterocycles. The van der Waals surface area contributed by atoms with E-state index in [9.17, 15) is 4.79 Å². The Labute approximate surface area is 115 Å². The first-order chi connectivity index (χ1) is 9.06. The smallest absolute Gasteiger partial charge is 0.228 e. The van der Waals surface area contributed by atoms with Crippen LogP contribution >= 0.6 is 0 Å². The normalized spacial score (nSPS) is 15.5. The lowest BCUT2D eigenvalue weighted by molar-refractivity contribution is -0.118. The maximum absolute atomic E-state index is 12.1. The van der Waals surface area contributed by atoms with Gasteiger partial charge in [-0.25, -0.2) is 0 Å². The predicted molar refractivity (Wildman–Crippen MR) is 79.8 cm³/mol. The molecule has 0 fully saturated rings. The number of hydrogen-bond acceptors (Lipinski definition) is 3. The number of rotatable bonds is 3. The van der Waals surface area contributed by atoms with Gasteiger partial charge in [0.1, 0.15) is 0 Å². The van der Waals surface area contributed by atoms with Crippen LogP contribution in [0.4, 0.5) is 11.4 Å². The van der Waals surface area contributed by atoms with Gasteiger partial charge in [0, 0.05) is 26.6 Å². The number of benzene rings is 1. The zero-order valence-corrected chi connectivity index (χ0v) is 12.1. The van der Waals surface area contributed by atoms with Crippen LogP contribution in [0.3, 0.4) is 0 Å². The van der Waals surface area contributed by atoms with Crippen molar-refractivity contribution in [3.63, 3.8) is 0 Å². The second-order valence-corrected chi connectivity index (χ2v) is 5.21. The number of carbonyl (C=O) groups excluding carboxylic acids is 1. The van der Waals surface area contributed by atoms with Crippen LogP contribution in [0.5, 0.6) is 0 Å². The molecule has 2 rings (SSSR count). The van der Waals surface area contributed by atoms with Gasteiger partial charge in [-0.15, -0.1) is 0 Å². The van der Waals surface area contributed by atoms with Gasteiger partial charge < -0.3 is 15.5 Å². The fourth-order valence-corrected chi connectivity index (χ4v) is 2.62. The van der Waals surface area contributed by atoms with Gasteiger partial charge in [-0.1, -0.05) is 6.07 Å². The van der Waals surface area contributed by atoms with Crippen LogP contribution in [0.2, 0.25) is 0 Å². The number of fused-ring (bicyclic) bond motifs is 1. The highest BCUT2D eigenvalue weighted by Crippen LogP contribution is 2.36. The largest absolute Gasteiger partial charge is 0.369 e. The highest BCUT2D eigenvalue weighted by Gasteiger charge is 2.25. The van der Waals surface area contributed by atoms with Crippen molar-refractivity contribution < 1.29 is 4.79 Å². The molecule has 0 saturated carbocycles. The fourth-order valence-electron chi connectivity index (χ4n) is 2.62. The molecule has 1 aliphatic rings. The summed E-state index contributed by atoms with van der Waals surface area (Å²) in [5, 5.41) is 0. The lowest BCUT2D eigenvalue weighted by atomic mass is 10.0. The molecule has 0 saturated heterocycles. The standard InChI is InChI=1S/C15H23N3O/c1-11-5-6-13-15(12(11)2)17(3)14(19)7-10-18(13)9-4-8-16/h5-6H,4,7-10,16H2,1-3H3. The number of amides is 1. The van der Waals surface area contributed by atoms with Crippen LogP contribution in [0.15, 0.2) is 12.1 Å². The van der Waals surface area contributed by atoms with Crippen molar-refractivity contribution in [3.8, 4) is 0 Å². The van der Waals surface area contributed by atoms with Crippen LogP contribution in [-0.2, 0) is 4.79 Å². The van der Waals surface area contributed by atoms with Gasteiger partial charge in [0.15, 0.2) is 0 Å². The lowest BCUT2D eigenvalue weighted by Gasteiger charge is -2.27. The minimum atomic E-state index is 0.185. The molecule has 104 valence electrons. The molecule has 1 aliphatic heterocycles. The van der Waals surface area contributed by atoms with Gasteiger partial charge in [-0.2, -0.15) is 0 Å². The lowest BCUT2D eigenvalue weighted by Crippen LogP contribution is -2.27. The number of nitrogens with zero attached hydrogens (tertiary/aromatic N) is 2. The van der Waals surface area contributed by atoms with E-state index in [4.69, 9.17) is 5.73 Å². The summed E-state index contributed by atoms with van der Waals surface area (Å²) >= 11 is 0. The Morgan fingerprint density at radius 1 is 1.32 bits per heavy atom. The van der Waals surface area contributed by atoms with E-state index in [1.165, 1.54) is 11.1 Å². The summed E-state index contributed by atoms with van der Waals surface area (Å²) in [6, 6.07) is 4.26. The Bertz CT molecular complexity index is 485. The second-order valence-electron chi connectivity index (χ2n) is 5.21. The average molecular weight is 261 g/mol. The first-order valence-electron chi connectivity index (χ1n) is 6.88. The van der Waals surface area contributed by atoms with Crippen LogP contribution in [0.1, 0.15) is 24.0 Å². The Balaban J connectivity index is 2.48. The molecule has 1 heterocycles. The summed E-state index contributed by atoms with van der Waals surface area (Å²) in [4.78, 5) is 16.2. The highest BCUT2D eigenvalue weighted by atomic mass is 16.2. The van der Waals surface area contributed by atoms with Crippen molar-refractivity contribution in [2.75, 3.05) is 36.5 Å². The van der Waals surface area contributed by atoms with Crippen LogP contribution in [0.25, 0.3) is 0 Å². The molecule has 0 unspecified atom stereocenters. The first-order valence-corrected chi connectivity index (χ1v) is 6.88. The Morgan fingerprint density at radius 2 is 2.05 bits per heavy atom. The maximum Gasteiger partial charge on any atom is 0.228 e. The van der Waals surface area contributed by atoms with E-state index >= 15 is 0 Å². The molecule has 19 heavy (non-hydrogen) atoms. The summed E-state index contributed by atoms with van der Waals surface area (Å²) in [5.41, 5.74) is 10.2. The first kappa shape index (κ1) is 13.9. The summed E-state index contributed by atoms with van der Waals surface area (Å²) in [6.45, 7) is 6.54. The number of hydrogen-bond donors (Lipinski definition) is 1. The second kappa shape index (κ2) is 5.61. The minimum Gasteiger partial charge on any atom is -0.369 e. The number of anilines is 2. The van der Waals surface area contributed by atoms with E-state index < -0.39 is 0 Å². The van der Waals surface area contributed by atoms with Gasteiger partial charge in [0.05, 0.1) is 11.4 Å². The average Bonchev–Trinajstić information content (AvgIpc) is 2.52. The molecule has 0 aliphatic carbocycles. The molecule has 1 aromatic rings. The molecule has 0 radical (unpaired) electrons. The van der Waals surface area contributed by atoms with Crippen molar-refractivity contribution in [2.45, 2.75) is 26.7 Å². The molecule has 4 nitrogen and oxygen atoms in total. The molecule has 0 atom stereocenters. The summed E-state index contributed by atoms with van der Waals surface area (Å²) in [6.07, 6.45) is 1.51. The van der Waals surface area contributed by atoms with Gasteiger partial charge >= 0.3 is 0 Å². The summed E-state index contributed by atoms with van der Waals surface area (Å²) in [7, 11) is 1.88. The Hall–Kier alpha value is -1.55. The van der Waals surface area contributed by atoms with Crippen molar-refractivity contribution in [3.05, 3.63) is 23.3 Å². The third-order valence-corrected chi connectivity index (χ3v) is 3.96. The molecule has 4 heteroatoms. The molecule has 0 spiro atoms. The zero-order chi connectivity index (χ0) is 14.0. The van der Waals surface area contributed by atoms with Gasteiger partial charge in [0.2, 0.25) is 5.91 Å². The van der Waals surface area contributed by atoms with Gasteiger partial charge in [-0.3, -0.25) is 4.79 Å². The van der Waals surface area contributed by atoms with Crippen molar-refractivity contribution >= 4 is 17.3 Å².